The highest BCUT2D eigenvalue weighted by atomic mass is 16.5. The highest BCUT2D eigenvalue weighted by Gasteiger charge is 2.07. The highest BCUT2D eigenvalue weighted by molar-refractivity contribution is 5.69. The zero-order valence-electron chi connectivity index (χ0n) is 22.2. The van der Waals surface area contributed by atoms with Gasteiger partial charge in [0.15, 0.2) is 0 Å². The van der Waals surface area contributed by atoms with E-state index < -0.39 is 12.2 Å². The molecule has 0 aliphatic carbocycles. The Morgan fingerprint density at radius 3 is 1.49 bits per heavy atom. The molecule has 8 N–H and O–H groups in total. The van der Waals surface area contributed by atoms with Crippen molar-refractivity contribution < 1.29 is 45.6 Å². The first-order valence-electron chi connectivity index (χ1n) is 13.0. The maximum absolute atomic E-state index is 11.4. The fourth-order valence-electron chi connectivity index (χ4n) is 2.71. The summed E-state index contributed by atoms with van der Waals surface area (Å²) in [7, 11) is 0. The molecule has 0 spiro atoms. The lowest BCUT2D eigenvalue weighted by Gasteiger charge is -2.08. The van der Waals surface area contributed by atoms with Crippen LogP contribution in [0.5, 0.6) is 0 Å². The molecule has 214 valence electrons. The molecule has 0 aromatic carbocycles. The van der Waals surface area contributed by atoms with Gasteiger partial charge in [-0.2, -0.15) is 0 Å². The van der Waals surface area contributed by atoms with Gasteiger partial charge in [0.25, 0.3) is 0 Å². The largest absolute Gasteiger partial charge is 0.463 e. The van der Waals surface area contributed by atoms with E-state index in [1.807, 2.05) is 0 Å². The summed E-state index contributed by atoms with van der Waals surface area (Å²) in [5.41, 5.74) is 0. The molecule has 35 heavy (non-hydrogen) atoms. The Bertz CT molecular complexity index is 402. The fraction of sp³-hybridized carbons (Fsp3) is 0.885. The number of hydrogen-bond acceptors (Lipinski definition) is 8. The van der Waals surface area contributed by atoms with E-state index in [0.717, 1.165) is 25.7 Å². The van der Waals surface area contributed by atoms with Gasteiger partial charge in [-0.15, -0.1) is 0 Å². The summed E-state index contributed by atoms with van der Waals surface area (Å²) in [5.74, 6) is -0.287. The van der Waals surface area contributed by atoms with Gasteiger partial charge in [-0.05, 0) is 39.0 Å². The van der Waals surface area contributed by atoms with Crippen molar-refractivity contribution in [1.29, 1.82) is 0 Å². The number of rotatable bonds is 20. The topological polar surface area (TPSA) is 179 Å². The zero-order chi connectivity index (χ0) is 26.3. The second kappa shape index (κ2) is 37.5. The third kappa shape index (κ3) is 43.4. The van der Waals surface area contributed by atoms with Crippen molar-refractivity contribution in [3.05, 3.63) is 12.2 Å². The second-order valence-electron chi connectivity index (χ2n) is 8.19. The molecule has 9 heteroatoms. The van der Waals surface area contributed by atoms with Crippen LogP contribution in [0.3, 0.4) is 0 Å². The molecule has 0 amide bonds. The van der Waals surface area contributed by atoms with Gasteiger partial charge in [0.2, 0.25) is 0 Å². The average Bonchev–Trinajstić information content (AvgIpc) is 2.85. The van der Waals surface area contributed by atoms with Crippen molar-refractivity contribution in [1.82, 2.24) is 0 Å². The van der Waals surface area contributed by atoms with E-state index in [4.69, 9.17) is 35.4 Å². The molecule has 0 bridgehead atoms. The predicted octanol–water partition coefficient (Wildman–Crippen LogP) is 2.43. The second-order valence-corrected chi connectivity index (χ2v) is 8.19. The summed E-state index contributed by atoms with van der Waals surface area (Å²) in [5, 5.41) is 49.3. The third-order valence-electron chi connectivity index (χ3n) is 4.71. The van der Waals surface area contributed by atoms with Crippen molar-refractivity contribution in [2.24, 2.45) is 0 Å². The van der Waals surface area contributed by atoms with E-state index in [9.17, 15) is 4.79 Å². The maximum Gasteiger partial charge on any atom is 0.305 e. The van der Waals surface area contributed by atoms with E-state index in [-0.39, 0.29) is 44.5 Å². The van der Waals surface area contributed by atoms with Crippen LogP contribution in [-0.2, 0) is 9.53 Å². The standard InChI is InChI=1S/C21H40O4.C3H8O3.C2H6O.H2O/c1-2-3-4-5-6-7-8-9-10-11-12-13-14-15-16-17-21(24)25-19-20(23)18-22;4-1-3(6)2-5;1-2-3;/h9-10,20,22-23H,2-8,11-19H2,1H3;3-6H,1-2H2;3H,2H2,1H3;1H2/b10-9-;;;. The number of aliphatic hydroxyl groups excluding tert-OH is 6. The van der Waals surface area contributed by atoms with Crippen LogP contribution in [0, 0.1) is 0 Å². The number of aliphatic hydroxyl groups is 6. The molecule has 0 radical (unpaired) electrons. The van der Waals surface area contributed by atoms with Crippen LogP contribution in [0.15, 0.2) is 12.2 Å². The lowest BCUT2D eigenvalue weighted by molar-refractivity contribution is -0.147. The minimum absolute atomic E-state index is 0. The Hall–Kier alpha value is -1.07. The Labute approximate surface area is 213 Å². The molecule has 1 atom stereocenters. The SMILES string of the molecule is CCCCCCCC/C=C\CCCCCCCC(=O)OCC(O)CO.CCO.O.OCC(O)CO. The summed E-state index contributed by atoms with van der Waals surface area (Å²) in [6.07, 6.45) is 19.1. The predicted molar refractivity (Wildman–Crippen MR) is 140 cm³/mol. The molecular weight excluding hydrogens is 456 g/mol. The lowest BCUT2D eigenvalue weighted by atomic mass is 10.1. The first kappa shape index (κ1) is 41.1. The molecule has 9 nitrogen and oxygen atoms in total. The lowest BCUT2D eigenvalue weighted by Crippen LogP contribution is -2.21. The van der Waals surface area contributed by atoms with Crippen LogP contribution < -0.4 is 0 Å². The van der Waals surface area contributed by atoms with Crippen molar-refractivity contribution in [2.45, 2.75) is 116 Å². The first-order valence-corrected chi connectivity index (χ1v) is 13.0. The normalized spacial score (nSPS) is 11.2. The quantitative estimate of drug-likeness (QED) is 0.0817. The third-order valence-corrected chi connectivity index (χ3v) is 4.71. The van der Waals surface area contributed by atoms with Crippen LogP contribution in [-0.4, -0.2) is 87.3 Å². The minimum Gasteiger partial charge on any atom is -0.463 e. The van der Waals surface area contributed by atoms with Crippen LogP contribution in [0.25, 0.3) is 0 Å². The van der Waals surface area contributed by atoms with Gasteiger partial charge in [-0.3, -0.25) is 4.79 Å². The number of carbonyl (C=O) groups excluding carboxylic acids is 1. The number of carbonyl (C=O) groups is 1. The van der Waals surface area contributed by atoms with Crippen molar-refractivity contribution in [2.75, 3.05) is 33.0 Å². The molecule has 0 saturated carbocycles. The Balaban J connectivity index is -0.000000408. The first-order chi connectivity index (χ1) is 16.4. The monoisotopic (exact) mass is 512 g/mol. The zero-order valence-corrected chi connectivity index (χ0v) is 22.2. The Morgan fingerprint density at radius 1 is 0.686 bits per heavy atom. The van der Waals surface area contributed by atoms with Gasteiger partial charge >= 0.3 is 5.97 Å². The summed E-state index contributed by atoms with van der Waals surface area (Å²) in [6.45, 7) is 2.97. The molecule has 1 unspecified atom stereocenters. The molecule has 0 aromatic heterocycles. The van der Waals surface area contributed by atoms with E-state index in [0.29, 0.717) is 6.42 Å². The Kier molecular flexibility index (Phi) is 44.0. The van der Waals surface area contributed by atoms with Crippen molar-refractivity contribution in [3.8, 4) is 0 Å². The van der Waals surface area contributed by atoms with Crippen molar-refractivity contribution in [3.63, 3.8) is 0 Å². The minimum atomic E-state index is -0.960. The van der Waals surface area contributed by atoms with E-state index in [2.05, 4.69) is 19.1 Å². The molecule has 0 heterocycles. The van der Waals surface area contributed by atoms with Crippen LogP contribution in [0.1, 0.15) is 104 Å². The molecular formula is C26H56O9. The maximum atomic E-state index is 11.4. The molecule has 0 aliphatic heterocycles. The van der Waals surface area contributed by atoms with Crippen molar-refractivity contribution >= 4 is 5.97 Å². The average molecular weight is 513 g/mol. The van der Waals surface area contributed by atoms with Gasteiger partial charge in [-0.1, -0.05) is 70.4 Å². The number of allylic oxidation sites excluding steroid dienone is 2. The van der Waals surface area contributed by atoms with Crippen LogP contribution >= 0.6 is 0 Å². The number of esters is 1. The molecule has 0 fully saturated rings. The van der Waals surface area contributed by atoms with E-state index >= 15 is 0 Å². The Morgan fingerprint density at radius 2 is 1.09 bits per heavy atom. The number of unbranched alkanes of at least 4 members (excludes halogenated alkanes) is 11. The van der Waals surface area contributed by atoms with Gasteiger partial charge in [0.05, 0.1) is 19.8 Å². The number of ether oxygens (including phenoxy) is 1. The summed E-state index contributed by atoms with van der Waals surface area (Å²) in [6, 6.07) is 0. The van der Waals surface area contributed by atoms with Gasteiger partial charge in [-0.25, -0.2) is 0 Å². The summed E-state index contributed by atoms with van der Waals surface area (Å²) >= 11 is 0. The van der Waals surface area contributed by atoms with Gasteiger partial charge < -0.3 is 40.9 Å². The molecule has 0 aliphatic rings. The summed E-state index contributed by atoms with van der Waals surface area (Å²) < 4.78 is 4.86. The molecule has 0 rings (SSSR count). The van der Waals surface area contributed by atoms with E-state index in [1.165, 1.54) is 57.8 Å². The van der Waals surface area contributed by atoms with Crippen LogP contribution in [0.2, 0.25) is 0 Å². The summed E-state index contributed by atoms with van der Waals surface area (Å²) in [4.78, 5) is 11.4. The fourth-order valence-corrected chi connectivity index (χ4v) is 2.71. The molecule has 0 aromatic rings. The molecule has 0 saturated heterocycles. The van der Waals surface area contributed by atoms with Crippen LogP contribution in [0.4, 0.5) is 0 Å². The van der Waals surface area contributed by atoms with Gasteiger partial charge in [0, 0.05) is 13.0 Å². The van der Waals surface area contributed by atoms with Gasteiger partial charge in [0.1, 0.15) is 18.8 Å². The smallest absolute Gasteiger partial charge is 0.305 e. The highest BCUT2D eigenvalue weighted by Crippen LogP contribution is 2.10. The number of hydrogen-bond donors (Lipinski definition) is 6. The van der Waals surface area contributed by atoms with E-state index in [1.54, 1.807) is 6.92 Å².